The number of rotatable bonds is 3. The zero-order valence-corrected chi connectivity index (χ0v) is 17.4. The van der Waals surface area contributed by atoms with E-state index >= 15 is 0 Å². The van der Waals surface area contributed by atoms with Gasteiger partial charge in [-0.2, -0.15) is 0 Å². The Morgan fingerprint density at radius 3 is 2.71 bits per heavy atom. The Morgan fingerprint density at radius 1 is 1.16 bits per heavy atom. The van der Waals surface area contributed by atoms with Crippen LogP contribution in [0.25, 0.3) is 5.57 Å². The molecule has 0 aliphatic carbocycles. The molecule has 9 heteroatoms. The van der Waals surface area contributed by atoms with E-state index in [4.69, 9.17) is 4.74 Å². The summed E-state index contributed by atoms with van der Waals surface area (Å²) in [6, 6.07) is 14.3. The minimum absolute atomic E-state index is 0.238. The van der Waals surface area contributed by atoms with Crippen molar-refractivity contribution in [2.45, 2.75) is 13.6 Å². The van der Waals surface area contributed by atoms with Crippen LogP contribution in [0.4, 0.5) is 11.4 Å². The Labute approximate surface area is 180 Å². The molecule has 156 valence electrons. The number of nitrogens with one attached hydrogen (secondary N) is 1. The summed E-state index contributed by atoms with van der Waals surface area (Å²) < 4.78 is 6.97. The van der Waals surface area contributed by atoms with Gasteiger partial charge in [-0.15, -0.1) is 0 Å². The third kappa shape index (κ3) is 3.23. The minimum Gasteiger partial charge on any atom is -0.462 e. The Kier molecular flexibility index (Phi) is 4.67. The quantitative estimate of drug-likeness (QED) is 0.627. The summed E-state index contributed by atoms with van der Waals surface area (Å²) in [6.45, 7) is 2.76. The molecule has 2 aliphatic heterocycles. The predicted octanol–water partition coefficient (Wildman–Crippen LogP) is 1.29. The van der Waals surface area contributed by atoms with Crippen LogP contribution in [0.1, 0.15) is 22.8 Å². The van der Waals surface area contributed by atoms with Crippen molar-refractivity contribution in [2.24, 2.45) is 4.99 Å². The number of aromatic nitrogens is 1. The Bertz CT molecular complexity index is 1390. The first-order chi connectivity index (χ1) is 15.1. The topological polar surface area (TPSA) is 93.0 Å². The summed E-state index contributed by atoms with van der Waals surface area (Å²) >= 11 is 1.23. The number of hydrogen-bond acceptors (Lipinski definition) is 7. The molecular weight excluding hydrogens is 416 g/mol. The molecule has 0 saturated carbocycles. The molecule has 2 aliphatic rings. The minimum atomic E-state index is -0.370. The van der Waals surface area contributed by atoms with Crippen molar-refractivity contribution >= 4 is 40.2 Å². The number of nitrogens with zero attached hydrogens (tertiary/aromatic N) is 3. The maximum absolute atomic E-state index is 13.2. The smallest absolute Gasteiger partial charge is 0.338 e. The average Bonchev–Trinajstić information content (AvgIpc) is 3.29. The van der Waals surface area contributed by atoms with Gasteiger partial charge in [0.15, 0.2) is 4.80 Å². The van der Waals surface area contributed by atoms with E-state index in [1.807, 2.05) is 29.2 Å². The maximum atomic E-state index is 13.2. The monoisotopic (exact) mass is 434 g/mol. The van der Waals surface area contributed by atoms with Crippen LogP contribution in [0.15, 0.2) is 58.3 Å². The van der Waals surface area contributed by atoms with E-state index in [0.717, 1.165) is 11.3 Å². The van der Waals surface area contributed by atoms with Crippen LogP contribution in [0, 0.1) is 0 Å². The normalized spacial score (nSPS) is 16.3. The molecule has 8 nitrogen and oxygen atoms in total. The predicted molar refractivity (Wildman–Crippen MR) is 117 cm³/mol. The summed E-state index contributed by atoms with van der Waals surface area (Å²) in [6.07, 6.45) is 0. The second-order valence-electron chi connectivity index (χ2n) is 7.07. The lowest BCUT2D eigenvalue weighted by atomic mass is 10.1. The third-order valence-corrected chi connectivity index (χ3v) is 6.31. The van der Waals surface area contributed by atoms with Crippen LogP contribution in [-0.4, -0.2) is 29.7 Å². The van der Waals surface area contributed by atoms with Gasteiger partial charge < -0.3 is 15.0 Å². The van der Waals surface area contributed by atoms with E-state index in [2.05, 4.69) is 10.3 Å². The van der Waals surface area contributed by atoms with Gasteiger partial charge in [0, 0.05) is 16.9 Å². The summed E-state index contributed by atoms with van der Waals surface area (Å²) in [5.41, 5.74) is 2.90. The SMILES string of the molecule is CCOC(=O)c1ccc(N2CN=c3s/c(=C4\C(=O)Nc5ccccc54)c(=O)n3C2)cc1. The summed E-state index contributed by atoms with van der Waals surface area (Å²) in [5.74, 6) is -0.644. The number of fused-ring (bicyclic) bond motifs is 2. The zero-order valence-electron chi connectivity index (χ0n) is 16.6. The maximum Gasteiger partial charge on any atom is 0.338 e. The van der Waals surface area contributed by atoms with Crippen molar-refractivity contribution in [3.8, 4) is 0 Å². The fraction of sp³-hybridized carbons (Fsp3) is 0.182. The summed E-state index contributed by atoms with van der Waals surface area (Å²) in [7, 11) is 0. The zero-order chi connectivity index (χ0) is 21.5. The first-order valence-electron chi connectivity index (χ1n) is 9.78. The van der Waals surface area contributed by atoms with Crippen LogP contribution < -0.4 is 25.1 Å². The van der Waals surface area contributed by atoms with E-state index in [1.54, 1.807) is 35.8 Å². The van der Waals surface area contributed by atoms with Gasteiger partial charge in [0.05, 0.1) is 17.7 Å². The molecule has 0 radical (unpaired) electrons. The largest absolute Gasteiger partial charge is 0.462 e. The molecule has 1 N–H and O–H groups in total. The van der Waals surface area contributed by atoms with Crippen molar-refractivity contribution in [1.82, 2.24) is 4.57 Å². The van der Waals surface area contributed by atoms with Crippen molar-refractivity contribution in [3.63, 3.8) is 0 Å². The first kappa shape index (κ1) is 19.3. The highest BCUT2D eigenvalue weighted by Crippen LogP contribution is 2.29. The number of hydrogen-bond donors (Lipinski definition) is 1. The van der Waals surface area contributed by atoms with Crippen LogP contribution in [0.2, 0.25) is 0 Å². The van der Waals surface area contributed by atoms with Crippen LogP contribution in [0.3, 0.4) is 0 Å². The number of thiazole rings is 1. The molecule has 2 aromatic carbocycles. The Balaban J connectivity index is 1.50. The van der Waals surface area contributed by atoms with Crippen LogP contribution >= 0.6 is 11.3 Å². The molecule has 0 fully saturated rings. The lowest BCUT2D eigenvalue weighted by Crippen LogP contribution is -2.43. The highest BCUT2D eigenvalue weighted by molar-refractivity contribution is 7.07. The van der Waals surface area contributed by atoms with E-state index in [9.17, 15) is 14.4 Å². The summed E-state index contributed by atoms with van der Waals surface area (Å²) in [4.78, 5) is 44.6. The average molecular weight is 434 g/mol. The molecule has 3 aromatic rings. The molecule has 0 saturated heterocycles. The fourth-order valence-corrected chi connectivity index (χ4v) is 4.75. The molecule has 5 rings (SSSR count). The van der Waals surface area contributed by atoms with Crippen molar-refractivity contribution in [1.29, 1.82) is 0 Å². The van der Waals surface area contributed by atoms with Crippen LogP contribution in [-0.2, 0) is 16.2 Å². The van der Waals surface area contributed by atoms with Gasteiger partial charge in [0.2, 0.25) is 0 Å². The second kappa shape index (κ2) is 7.51. The van der Waals surface area contributed by atoms with Gasteiger partial charge in [-0.1, -0.05) is 29.5 Å². The Morgan fingerprint density at radius 2 is 1.94 bits per heavy atom. The lowest BCUT2D eigenvalue weighted by molar-refractivity contribution is -0.110. The highest BCUT2D eigenvalue weighted by Gasteiger charge is 2.27. The third-order valence-electron chi connectivity index (χ3n) is 5.19. The van der Waals surface area contributed by atoms with Gasteiger partial charge in [-0.3, -0.25) is 14.2 Å². The molecule has 31 heavy (non-hydrogen) atoms. The number of carbonyl (C=O) groups is 2. The van der Waals surface area contributed by atoms with Gasteiger partial charge in [0.25, 0.3) is 11.5 Å². The number of esters is 1. The van der Waals surface area contributed by atoms with Crippen molar-refractivity contribution < 1.29 is 14.3 Å². The highest BCUT2D eigenvalue weighted by atomic mass is 32.1. The summed E-state index contributed by atoms with van der Waals surface area (Å²) in [5, 5.41) is 2.82. The number of benzene rings is 2. The lowest BCUT2D eigenvalue weighted by Gasteiger charge is -2.25. The number of anilines is 2. The van der Waals surface area contributed by atoms with E-state index < -0.39 is 0 Å². The van der Waals surface area contributed by atoms with Crippen LogP contribution in [0.5, 0.6) is 0 Å². The number of ether oxygens (including phenoxy) is 1. The molecular formula is C22H18N4O4S. The van der Waals surface area contributed by atoms with Crippen molar-refractivity contribution in [3.05, 3.63) is 79.3 Å². The molecule has 1 aromatic heterocycles. The molecule has 0 spiro atoms. The molecule has 0 atom stereocenters. The number of amides is 1. The van der Waals surface area contributed by atoms with Crippen molar-refractivity contribution in [2.75, 3.05) is 23.5 Å². The molecule has 3 heterocycles. The molecule has 0 bridgehead atoms. The van der Waals surface area contributed by atoms with Gasteiger partial charge in [-0.25, -0.2) is 9.79 Å². The van der Waals surface area contributed by atoms with Gasteiger partial charge >= 0.3 is 5.97 Å². The fourth-order valence-electron chi connectivity index (χ4n) is 3.69. The number of carbonyl (C=O) groups excluding carboxylic acids is 2. The van der Waals surface area contributed by atoms with E-state index in [0.29, 0.717) is 46.1 Å². The van der Waals surface area contributed by atoms with Gasteiger partial charge in [0.1, 0.15) is 17.9 Å². The molecule has 0 unspecified atom stereocenters. The second-order valence-corrected chi connectivity index (χ2v) is 8.05. The Hall–Kier alpha value is -3.72. The van der Waals surface area contributed by atoms with Gasteiger partial charge in [-0.05, 0) is 37.3 Å². The van der Waals surface area contributed by atoms with E-state index in [-0.39, 0.29) is 17.4 Å². The first-order valence-corrected chi connectivity index (χ1v) is 10.6. The molecule has 1 amide bonds. The standard InChI is InChI=1S/C22H18N4O4S/c1-2-30-21(29)13-7-9-14(10-8-13)25-11-23-22-26(12-25)20(28)18(31-22)17-15-5-3-4-6-16(15)24-19(17)27/h3-10H,2,11-12H2,1H3,(H,24,27)/b18-17-. The van der Waals surface area contributed by atoms with E-state index in [1.165, 1.54) is 11.3 Å². The number of para-hydroxylation sites is 1.